The second-order valence-corrected chi connectivity index (χ2v) is 6.02. The van der Waals surface area contributed by atoms with Crippen molar-refractivity contribution in [1.82, 2.24) is 4.90 Å². The van der Waals surface area contributed by atoms with E-state index in [2.05, 4.69) is 15.9 Å². The van der Waals surface area contributed by atoms with E-state index in [1.54, 1.807) is 36.9 Å². The van der Waals surface area contributed by atoms with Crippen molar-refractivity contribution in [2.75, 3.05) is 13.1 Å². The molecule has 5 heteroatoms. The van der Waals surface area contributed by atoms with Gasteiger partial charge in [0.2, 0.25) is 0 Å². The van der Waals surface area contributed by atoms with E-state index in [-0.39, 0.29) is 12.5 Å². The van der Waals surface area contributed by atoms with Gasteiger partial charge >= 0.3 is 0 Å². The number of carbonyl (C=O) groups excluding carboxylic acids is 1. The van der Waals surface area contributed by atoms with Crippen LogP contribution in [-0.2, 0) is 0 Å². The van der Waals surface area contributed by atoms with E-state index in [4.69, 9.17) is 11.6 Å². The Kier molecular flexibility index (Phi) is 5.20. The Morgan fingerprint density at radius 2 is 2.11 bits per heavy atom. The molecule has 1 aromatic carbocycles. The lowest BCUT2D eigenvalue weighted by atomic mass is 10.1. The summed E-state index contributed by atoms with van der Waals surface area (Å²) in [6.45, 7) is 6.06. The van der Waals surface area contributed by atoms with E-state index in [0.717, 1.165) is 4.47 Å². The standard InChI is InChI=1S/C13H17BrClNO2/c1-4-16(8-13(2,3)18)12(17)9-5-6-10(14)11(15)7-9/h5-7,18H,4,8H2,1-3H3. The Balaban J connectivity index is 2.93. The number of nitrogens with zero attached hydrogens (tertiary/aromatic N) is 1. The van der Waals surface area contributed by atoms with Gasteiger partial charge in [0, 0.05) is 23.1 Å². The lowest BCUT2D eigenvalue weighted by Crippen LogP contribution is -2.42. The molecule has 18 heavy (non-hydrogen) atoms. The summed E-state index contributed by atoms with van der Waals surface area (Å²) in [4.78, 5) is 13.9. The van der Waals surface area contributed by atoms with Crippen LogP contribution in [0.2, 0.25) is 5.02 Å². The van der Waals surface area contributed by atoms with Crippen LogP contribution in [0.3, 0.4) is 0 Å². The maximum Gasteiger partial charge on any atom is 0.253 e. The highest BCUT2D eigenvalue weighted by atomic mass is 79.9. The van der Waals surface area contributed by atoms with E-state index >= 15 is 0 Å². The summed E-state index contributed by atoms with van der Waals surface area (Å²) in [5.74, 6) is -0.131. The Bertz CT molecular complexity index is 443. The van der Waals surface area contributed by atoms with Crippen molar-refractivity contribution in [1.29, 1.82) is 0 Å². The zero-order valence-corrected chi connectivity index (χ0v) is 13.0. The van der Waals surface area contributed by atoms with Crippen LogP contribution in [-0.4, -0.2) is 34.6 Å². The van der Waals surface area contributed by atoms with Crippen LogP contribution in [0.4, 0.5) is 0 Å². The molecule has 0 saturated carbocycles. The molecule has 0 unspecified atom stereocenters. The highest BCUT2D eigenvalue weighted by molar-refractivity contribution is 9.10. The molecule has 0 aromatic heterocycles. The molecule has 0 spiro atoms. The molecule has 0 aliphatic carbocycles. The molecule has 1 rings (SSSR count). The number of carbonyl (C=O) groups is 1. The van der Waals surface area contributed by atoms with Crippen LogP contribution in [0.1, 0.15) is 31.1 Å². The SMILES string of the molecule is CCN(CC(C)(C)O)C(=O)c1ccc(Br)c(Cl)c1. The lowest BCUT2D eigenvalue weighted by Gasteiger charge is -2.28. The Hall–Kier alpha value is -0.580. The molecule has 100 valence electrons. The quantitative estimate of drug-likeness (QED) is 0.917. The maximum atomic E-state index is 12.3. The number of halogens is 2. The third-order valence-electron chi connectivity index (χ3n) is 2.41. The molecule has 1 aromatic rings. The van der Waals surface area contributed by atoms with Gasteiger partial charge < -0.3 is 10.0 Å². The van der Waals surface area contributed by atoms with E-state index in [9.17, 15) is 9.90 Å². The fraction of sp³-hybridized carbons (Fsp3) is 0.462. The molecule has 0 atom stereocenters. The Labute approximate surface area is 121 Å². The average Bonchev–Trinajstić information content (AvgIpc) is 2.27. The topological polar surface area (TPSA) is 40.5 Å². The molecule has 0 fully saturated rings. The van der Waals surface area contributed by atoms with Gasteiger partial charge in [-0.05, 0) is 54.9 Å². The Morgan fingerprint density at radius 3 is 2.56 bits per heavy atom. The van der Waals surface area contributed by atoms with Gasteiger partial charge in [-0.25, -0.2) is 0 Å². The molecule has 1 amide bonds. The highest BCUT2D eigenvalue weighted by Gasteiger charge is 2.22. The van der Waals surface area contributed by atoms with Gasteiger partial charge in [-0.2, -0.15) is 0 Å². The minimum atomic E-state index is -0.912. The van der Waals surface area contributed by atoms with Gasteiger partial charge in [0.25, 0.3) is 5.91 Å². The normalized spacial score (nSPS) is 11.4. The van der Waals surface area contributed by atoms with Crippen molar-refractivity contribution < 1.29 is 9.90 Å². The molecule has 3 nitrogen and oxygen atoms in total. The highest BCUT2D eigenvalue weighted by Crippen LogP contribution is 2.24. The number of amides is 1. The fourth-order valence-electron chi connectivity index (χ4n) is 1.61. The van der Waals surface area contributed by atoms with E-state index < -0.39 is 5.60 Å². The first-order valence-corrected chi connectivity index (χ1v) is 6.88. The lowest BCUT2D eigenvalue weighted by molar-refractivity contribution is 0.0314. The fourth-order valence-corrected chi connectivity index (χ4v) is 2.03. The van der Waals surface area contributed by atoms with Crippen LogP contribution < -0.4 is 0 Å². The molecular formula is C13H17BrClNO2. The summed E-state index contributed by atoms with van der Waals surface area (Å²) in [7, 11) is 0. The molecule has 0 radical (unpaired) electrons. The predicted octanol–water partition coefficient (Wildman–Crippen LogP) is 3.34. The minimum absolute atomic E-state index is 0.131. The summed E-state index contributed by atoms with van der Waals surface area (Å²) >= 11 is 9.26. The smallest absolute Gasteiger partial charge is 0.253 e. The van der Waals surface area contributed by atoms with E-state index in [1.165, 1.54) is 0 Å². The zero-order valence-electron chi connectivity index (χ0n) is 10.7. The largest absolute Gasteiger partial charge is 0.389 e. The maximum absolute atomic E-state index is 12.3. The van der Waals surface area contributed by atoms with Crippen molar-refractivity contribution in [3.63, 3.8) is 0 Å². The van der Waals surface area contributed by atoms with Crippen molar-refractivity contribution in [2.45, 2.75) is 26.4 Å². The molecule has 0 bridgehead atoms. The van der Waals surface area contributed by atoms with Gasteiger partial charge in [-0.15, -0.1) is 0 Å². The monoisotopic (exact) mass is 333 g/mol. The number of aliphatic hydroxyl groups is 1. The van der Waals surface area contributed by atoms with Crippen LogP contribution >= 0.6 is 27.5 Å². The van der Waals surface area contributed by atoms with Crippen molar-refractivity contribution in [3.8, 4) is 0 Å². The van der Waals surface area contributed by atoms with Gasteiger partial charge in [0.15, 0.2) is 0 Å². The van der Waals surface area contributed by atoms with Crippen molar-refractivity contribution in [2.24, 2.45) is 0 Å². The number of hydrogen-bond acceptors (Lipinski definition) is 2. The average molecular weight is 335 g/mol. The summed E-state index contributed by atoms with van der Waals surface area (Å²) in [6, 6.07) is 5.08. The summed E-state index contributed by atoms with van der Waals surface area (Å²) in [5.41, 5.74) is -0.389. The van der Waals surface area contributed by atoms with Crippen LogP contribution in [0.15, 0.2) is 22.7 Å². The van der Waals surface area contributed by atoms with Gasteiger partial charge in [0.1, 0.15) is 0 Å². The van der Waals surface area contributed by atoms with E-state index in [0.29, 0.717) is 17.1 Å². The van der Waals surface area contributed by atoms with E-state index in [1.807, 2.05) is 6.92 Å². The third-order valence-corrected chi connectivity index (χ3v) is 3.65. The first-order chi connectivity index (χ1) is 8.24. The van der Waals surface area contributed by atoms with Gasteiger partial charge in [-0.1, -0.05) is 11.6 Å². The predicted molar refractivity (Wildman–Crippen MR) is 77.0 cm³/mol. The van der Waals surface area contributed by atoms with Crippen molar-refractivity contribution >= 4 is 33.4 Å². The Morgan fingerprint density at radius 1 is 1.50 bits per heavy atom. The molecule has 0 heterocycles. The van der Waals surface area contributed by atoms with Gasteiger partial charge in [0.05, 0.1) is 10.6 Å². The van der Waals surface area contributed by atoms with Gasteiger partial charge in [-0.3, -0.25) is 4.79 Å². The summed E-state index contributed by atoms with van der Waals surface area (Å²) < 4.78 is 0.756. The number of benzene rings is 1. The first kappa shape index (κ1) is 15.5. The minimum Gasteiger partial charge on any atom is -0.389 e. The number of rotatable bonds is 4. The molecule has 1 N–H and O–H groups in total. The second-order valence-electron chi connectivity index (χ2n) is 4.76. The van der Waals surface area contributed by atoms with Crippen LogP contribution in [0.5, 0.6) is 0 Å². The van der Waals surface area contributed by atoms with Crippen LogP contribution in [0, 0.1) is 0 Å². The first-order valence-electron chi connectivity index (χ1n) is 5.71. The van der Waals surface area contributed by atoms with Crippen molar-refractivity contribution in [3.05, 3.63) is 33.3 Å². The third kappa shape index (κ3) is 4.26. The number of hydrogen-bond donors (Lipinski definition) is 1. The summed E-state index contributed by atoms with van der Waals surface area (Å²) in [6.07, 6.45) is 0. The second kappa shape index (κ2) is 6.04. The molecular weight excluding hydrogens is 318 g/mol. The molecule has 0 aliphatic rings. The van der Waals surface area contributed by atoms with Crippen LogP contribution in [0.25, 0.3) is 0 Å². The summed E-state index contributed by atoms with van der Waals surface area (Å²) in [5, 5.41) is 10.3. The molecule has 0 saturated heterocycles. The zero-order chi connectivity index (χ0) is 13.9. The number of likely N-dealkylation sites (N-methyl/N-ethyl adjacent to an activating group) is 1. The molecule has 0 aliphatic heterocycles.